The second-order valence-electron chi connectivity index (χ2n) is 5.20. The zero-order chi connectivity index (χ0) is 17.8. The Hall–Kier alpha value is -2.86. The predicted octanol–water partition coefficient (Wildman–Crippen LogP) is 4.07. The van der Waals surface area contributed by atoms with Crippen LogP contribution in [0.25, 0.3) is 11.5 Å². The van der Waals surface area contributed by atoms with Crippen LogP contribution >= 0.6 is 11.6 Å². The van der Waals surface area contributed by atoms with Crippen molar-refractivity contribution in [2.75, 3.05) is 7.11 Å². The average molecular weight is 361 g/mol. The van der Waals surface area contributed by atoms with Gasteiger partial charge in [-0.05, 0) is 35.9 Å². The lowest BCUT2D eigenvalue weighted by Gasteiger charge is -2.05. The summed E-state index contributed by atoms with van der Waals surface area (Å²) in [6.45, 7) is 0.180. The van der Waals surface area contributed by atoms with E-state index in [1.807, 2.05) is 0 Å². The molecule has 0 aliphatic rings. The van der Waals surface area contributed by atoms with Crippen LogP contribution in [0.2, 0.25) is 5.02 Å². The van der Waals surface area contributed by atoms with E-state index in [2.05, 4.69) is 10.3 Å². The predicted molar refractivity (Wildman–Crippen MR) is 91.1 cm³/mol. The highest BCUT2D eigenvalue weighted by Crippen LogP contribution is 2.31. The number of carbonyl (C=O) groups is 1. The van der Waals surface area contributed by atoms with Gasteiger partial charge in [-0.3, -0.25) is 4.79 Å². The number of aromatic nitrogens is 1. The molecule has 2 aromatic carbocycles. The Bertz CT molecular complexity index is 911. The van der Waals surface area contributed by atoms with Gasteiger partial charge in [0, 0.05) is 11.6 Å². The number of carbonyl (C=O) groups excluding carboxylic acids is 1. The molecule has 0 spiro atoms. The number of hydrogen-bond acceptors (Lipinski definition) is 4. The fourth-order valence-corrected chi connectivity index (χ4v) is 2.44. The molecule has 0 atom stereocenters. The summed E-state index contributed by atoms with van der Waals surface area (Å²) in [5, 5.41) is 3.15. The smallest absolute Gasteiger partial charge is 0.273 e. The van der Waals surface area contributed by atoms with Crippen LogP contribution < -0.4 is 10.1 Å². The first-order valence-corrected chi connectivity index (χ1v) is 7.76. The van der Waals surface area contributed by atoms with Crippen molar-refractivity contribution in [2.24, 2.45) is 0 Å². The van der Waals surface area contributed by atoms with Gasteiger partial charge in [0.2, 0.25) is 5.89 Å². The van der Waals surface area contributed by atoms with E-state index in [9.17, 15) is 9.18 Å². The van der Waals surface area contributed by atoms with Crippen LogP contribution in [0.3, 0.4) is 0 Å². The number of benzene rings is 2. The molecule has 5 nitrogen and oxygen atoms in total. The van der Waals surface area contributed by atoms with E-state index in [1.165, 1.54) is 25.5 Å². The molecular formula is C18H14ClFN2O3. The highest BCUT2D eigenvalue weighted by molar-refractivity contribution is 6.30. The minimum absolute atomic E-state index is 0.105. The molecule has 3 aromatic rings. The first-order valence-electron chi connectivity index (χ1n) is 7.39. The van der Waals surface area contributed by atoms with Gasteiger partial charge in [-0.2, -0.15) is 0 Å². The van der Waals surface area contributed by atoms with Crippen molar-refractivity contribution in [3.63, 3.8) is 0 Å². The van der Waals surface area contributed by atoms with Crippen LogP contribution in [-0.2, 0) is 6.54 Å². The van der Waals surface area contributed by atoms with Crippen LogP contribution in [0.5, 0.6) is 5.75 Å². The van der Waals surface area contributed by atoms with Crippen molar-refractivity contribution in [1.82, 2.24) is 10.3 Å². The monoisotopic (exact) mass is 360 g/mol. The summed E-state index contributed by atoms with van der Waals surface area (Å²) in [5.41, 5.74) is 1.29. The highest BCUT2D eigenvalue weighted by atomic mass is 35.5. The molecule has 0 aliphatic heterocycles. The average Bonchev–Trinajstić information content (AvgIpc) is 3.10. The molecule has 3 rings (SSSR count). The zero-order valence-electron chi connectivity index (χ0n) is 13.3. The van der Waals surface area contributed by atoms with Gasteiger partial charge in [0.1, 0.15) is 17.8 Å². The van der Waals surface area contributed by atoms with E-state index in [1.54, 1.807) is 30.3 Å². The Kier molecular flexibility index (Phi) is 5.00. The van der Waals surface area contributed by atoms with Gasteiger partial charge in [-0.1, -0.05) is 23.7 Å². The Morgan fingerprint density at radius 1 is 1.32 bits per heavy atom. The van der Waals surface area contributed by atoms with Gasteiger partial charge in [-0.15, -0.1) is 0 Å². The van der Waals surface area contributed by atoms with Gasteiger partial charge >= 0.3 is 0 Å². The third-order valence-corrected chi connectivity index (χ3v) is 3.71. The van der Waals surface area contributed by atoms with Gasteiger partial charge in [0.15, 0.2) is 5.69 Å². The van der Waals surface area contributed by atoms with Crippen LogP contribution in [0.1, 0.15) is 16.1 Å². The third-order valence-electron chi connectivity index (χ3n) is 3.47. The Balaban J connectivity index is 1.75. The van der Waals surface area contributed by atoms with Crippen molar-refractivity contribution < 1.29 is 18.3 Å². The van der Waals surface area contributed by atoms with E-state index < -0.39 is 5.91 Å². The number of nitrogens with one attached hydrogen (secondary N) is 1. The maximum atomic E-state index is 13.1. The number of rotatable bonds is 5. The topological polar surface area (TPSA) is 64.4 Å². The van der Waals surface area contributed by atoms with Gasteiger partial charge in [0.25, 0.3) is 5.91 Å². The first-order chi connectivity index (χ1) is 12.1. The minimum atomic E-state index is -0.430. The second-order valence-corrected chi connectivity index (χ2v) is 5.63. The SMILES string of the molecule is COc1ccc(Cl)cc1-c1nc(C(=O)NCc2cccc(F)c2)co1. The molecule has 25 heavy (non-hydrogen) atoms. The Labute approximate surface area is 148 Å². The van der Waals surface area contributed by atoms with E-state index in [-0.39, 0.29) is 23.9 Å². The van der Waals surface area contributed by atoms with E-state index in [0.717, 1.165) is 0 Å². The van der Waals surface area contributed by atoms with Crippen molar-refractivity contribution in [1.29, 1.82) is 0 Å². The maximum absolute atomic E-state index is 13.1. The molecule has 1 amide bonds. The summed E-state index contributed by atoms with van der Waals surface area (Å²) >= 11 is 5.99. The summed E-state index contributed by atoms with van der Waals surface area (Å²) in [5.74, 6) is -0.0444. The molecule has 128 valence electrons. The lowest BCUT2D eigenvalue weighted by molar-refractivity contribution is 0.0946. The molecule has 0 saturated carbocycles. The Morgan fingerprint density at radius 3 is 2.92 bits per heavy atom. The zero-order valence-corrected chi connectivity index (χ0v) is 14.0. The molecule has 0 radical (unpaired) electrons. The maximum Gasteiger partial charge on any atom is 0.273 e. The summed E-state index contributed by atoms with van der Waals surface area (Å²) in [4.78, 5) is 16.4. The molecule has 0 bridgehead atoms. The van der Waals surface area contributed by atoms with Crippen molar-refractivity contribution >= 4 is 17.5 Å². The quantitative estimate of drug-likeness (QED) is 0.744. The highest BCUT2D eigenvalue weighted by Gasteiger charge is 2.16. The second kappa shape index (κ2) is 7.36. The minimum Gasteiger partial charge on any atom is -0.496 e. The van der Waals surface area contributed by atoms with Crippen molar-refractivity contribution in [3.8, 4) is 17.2 Å². The van der Waals surface area contributed by atoms with Crippen LogP contribution in [0.15, 0.2) is 53.1 Å². The number of hydrogen-bond donors (Lipinski definition) is 1. The lowest BCUT2D eigenvalue weighted by Crippen LogP contribution is -2.23. The number of oxazole rings is 1. The summed E-state index contributed by atoms with van der Waals surface area (Å²) in [6.07, 6.45) is 1.25. The van der Waals surface area contributed by atoms with Crippen LogP contribution in [0.4, 0.5) is 4.39 Å². The van der Waals surface area contributed by atoms with Crippen molar-refractivity contribution in [2.45, 2.75) is 6.54 Å². The standard InChI is InChI=1S/C18H14ClFN2O3/c1-24-16-6-5-12(19)8-14(16)18-22-15(10-25-18)17(23)21-9-11-3-2-4-13(20)7-11/h2-8,10H,9H2,1H3,(H,21,23). The number of halogens is 2. The van der Waals surface area contributed by atoms with E-state index in [4.69, 9.17) is 20.8 Å². The van der Waals surface area contributed by atoms with Crippen LogP contribution in [0, 0.1) is 5.82 Å². The molecule has 0 aliphatic carbocycles. The third kappa shape index (κ3) is 3.97. The Morgan fingerprint density at radius 2 is 2.16 bits per heavy atom. The molecule has 1 heterocycles. The van der Waals surface area contributed by atoms with E-state index >= 15 is 0 Å². The number of nitrogens with zero attached hydrogens (tertiary/aromatic N) is 1. The van der Waals surface area contributed by atoms with Crippen LogP contribution in [-0.4, -0.2) is 18.0 Å². The van der Waals surface area contributed by atoms with Crippen molar-refractivity contribution in [3.05, 3.63) is 70.8 Å². The lowest BCUT2D eigenvalue weighted by atomic mass is 10.2. The normalized spacial score (nSPS) is 10.5. The van der Waals surface area contributed by atoms with Gasteiger partial charge in [-0.25, -0.2) is 9.37 Å². The van der Waals surface area contributed by atoms with Gasteiger partial charge in [0.05, 0.1) is 12.7 Å². The molecule has 0 unspecified atom stereocenters. The molecular weight excluding hydrogens is 347 g/mol. The summed E-state index contributed by atoms with van der Waals surface area (Å²) < 4.78 is 23.8. The molecule has 0 saturated heterocycles. The molecule has 1 N–H and O–H groups in total. The molecule has 0 fully saturated rings. The molecule has 7 heteroatoms. The van der Waals surface area contributed by atoms with E-state index in [0.29, 0.717) is 21.9 Å². The fourth-order valence-electron chi connectivity index (χ4n) is 2.27. The number of methoxy groups -OCH3 is 1. The van der Waals surface area contributed by atoms with Gasteiger partial charge < -0.3 is 14.5 Å². The summed E-state index contributed by atoms with van der Waals surface area (Å²) in [7, 11) is 1.52. The number of ether oxygens (including phenoxy) is 1. The largest absolute Gasteiger partial charge is 0.496 e. The number of amides is 1. The molecule has 1 aromatic heterocycles. The summed E-state index contributed by atoms with van der Waals surface area (Å²) in [6, 6.07) is 11.0. The fraction of sp³-hybridized carbons (Fsp3) is 0.111. The first kappa shape index (κ1) is 17.0.